The second kappa shape index (κ2) is 6.33. The van der Waals surface area contributed by atoms with E-state index in [1.165, 1.54) is 42.5 Å². The first-order valence-electron chi connectivity index (χ1n) is 6.05. The lowest BCUT2D eigenvalue weighted by Crippen LogP contribution is -2.30. The van der Waals surface area contributed by atoms with E-state index in [1.54, 1.807) is 5.38 Å². The van der Waals surface area contributed by atoms with Crippen molar-refractivity contribution in [2.24, 2.45) is 5.73 Å². The SMILES string of the molecule is CC(N)C(=O)Oc1ccc(C(=O)Nc2csc(N)n2)cc1. The Balaban J connectivity index is 2.01. The van der Waals surface area contributed by atoms with Crippen LogP contribution < -0.4 is 21.5 Å². The number of nitrogens with zero attached hydrogens (tertiary/aromatic N) is 1. The standard InChI is InChI=1S/C13H14N4O3S/c1-7(14)12(19)20-9-4-2-8(3-5-9)11(18)16-10-6-21-13(15)17-10/h2-7H,14H2,1H3,(H2,15,17)(H,16,18). The molecule has 0 aliphatic heterocycles. The van der Waals surface area contributed by atoms with Gasteiger partial charge in [-0.2, -0.15) is 0 Å². The van der Waals surface area contributed by atoms with Crippen LogP contribution in [0.25, 0.3) is 0 Å². The van der Waals surface area contributed by atoms with Gasteiger partial charge in [-0.05, 0) is 31.2 Å². The predicted molar refractivity (Wildman–Crippen MR) is 80.2 cm³/mol. The van der Waals surface area contributed by atoms with Crippen LogP contribution >= 0.6 is 11.3 Å². The van der Waals surface area contributed by atoms with Gasteiger partial charge in [0.05, 0.1) is 0 Å². The van der Waals surface area contributed by atoms with Crippen LogP contribution in [0, 0.1) is 0 Å². The third kappa shape index (κ3) is 4.01. The Hall–Kier alpha value is -2.45. The molecule has 110 valence electrons. The second-order valence-corrected chi connectivity index (χ2v) is 5.15. The van der Waals surface area contributed by atoms with Crippen LogP contribution in [0.4, 0.5) is 10.9 Å². The fourth-order valence-corrected chi connectivity index (χ4v) is 1.91. The zero-order chi connectivity index (χ0) is 15.4. The normalized spacial score (nSPS) is 11.7. The van der Waals surface area contributed by atoms with Gasteiger partial charge in [0.25, 0.3) is 5.91 Å². The molecule has 0 fully saturated rings. The number of thiazole rings is 1. The third-order valence-electron chi connectivity index (χ3n) is 2.47. The maximum atomic E-state index is 12.0. The molecule has 1 unspecified atom stereocenters. The third-order valence-corrected chi connectivity index (χ3v) is 3.14. The van der Waals surface area contributed by atoms with Gasteiger partial charge in [-0.1, -0.05) is 0 Å². The van der Waals surface area contributed by atoms with E-state index >= 15 is 0 Å². The summed E-state index contributed by atoms with van der Waals surface area (Å²) in [6.45, 7) is 1.53. The molecule has 7 nitrogen and oxygen atoms in total. The van der Waals surface area contributed by atoms with Crippen molar-refractivity contribution in [1.29, 1.82) is 0 Å². The Morgan fingerprint density at radius 2 is 2.00 bits per heavy atom. The summed E-state index contributed by atoms with van der Waals surface area (Å²) in [5, 5.41) is 4.63. The Morgan fingerprint density at radius 1 is 1.33 bits per heavy atom. The summed E-state index contributed by atoms with van der Waals surface area (Å²) in [5.41, 5.74) is 11.3. The van der Waals surface area contributed by atoms with Crippen LogP contribution in [0.15, 0.2) is 29.6 Å². The molecule has 0 bridgehead atoms. The van der Waals surface area contributed by atoms with Gasteiger partial charge in [0.2, 0.25) is 0 Å². The number of anilines is 2. The molecular weight excluding hydrogens is 292 g/mol. The molecule has 5 N–H and O–H groups in total. The van der Waals surface area contributed by atoms with Crippen molar-refractivity contribution in [3.63, 3.8) is 0 Å². The van der Waals surface area contributed by atoms with E-state index in [0.717, 1.165) is 0 Å². The number of esters is 1. The Kier molecular flexibility index (Phi) is 4.51. The first kappa shape index (κ1) is 14.9. The van der Waals surface area contributed by atoms with E-state index in [9.17, 15) is 9.59 Å². The number of nitrogen functional groups attached to an aromatic ring is 1. The molecule has 0 saturated carbocycles. The smallest absolute Gasteiger partial charge is 0.328 e. The van der Waals surface area contributed by atoms with Crippen LogP contribution in [0.2, 0.25) is 0 Å². The summed E-state index contributed by atoms with van der Waals surface area (Å²) in [4.78, 5) is 27.2. The molecule has 0 radical (unpaired) electrons. The molecule has 0 aliphatic carbocycles. The molecule has 2 aromatic rings. The van der Waals surface area contributed by atoms with Crippen molar-refractivity contribution in [3.05, 3.63) is 35.2 Å². The summed E-state index contributed by atoms with van der Waals surface area (Å²) in [6, 6.07) is 5.40. The molecule has 0 saturated heterocycles. The molecule has 1 aromatic heterocycles. The van der Waals surface area contributed by atoms with Crippen molar-refractivity contribution in [2.45, 2.75) is 13.0 Å². The van der Waals surface area contributed by atoms with Crippen molar-refractivity contribution in [3.8, 4) is 5.75 Å². The van der Waals surface area contributed by atoms with Crippen LogP contribution in [-0.4, -0.2) is 22.9 Å². The molecule has 21 heavy (non-hydrogen) atoms. The van der Waals surface area contributed by atoms with Gasteiger partial charge in [-0.25, -0.2) is 9.78 Å². The number of carbonyl (C=O) groups excluding carboxylic acids is 2. The van der Waals surface area contributed by atoms with E-state index < -0.39 is 12.0 Å². The number of benzene rings is 1. The van der Waals surface area contributed by atoms with E-state index in [-0.39, 0.29) is 5.91 Å². The van der Waals surface area contributed by atoms with Gasteiger partial charge in [0.15, 0.2) is 5.13 Å². The molecule has 0 spiro atoms. The number of ether oxygens (including phenoxy) is 1. The van der Waals surface area contributed by atoms with Gasteiger partial charge < -0.3 is 21.5 Å². The number of amides is 1. The van der Waals surface area contributed by atoms with Gasteiger partial charge in [0, 0.05) is 10.9 Å². The first-order valence-corrected chi connectivity index (χ1v) is 6.93. The minimum Gasteiger partial charge on any atom is -0.425 e. The minimum atomic E-state index is -0.705. The van der Waals surface area contributed by atoms with Crippen molar-refractivity contribution in [1.82, 2.24) is 4.98 Å². The Morgan fingerprint density at radius 3 is 2.52 bits per heavy atom. The average molecular weight is 306 g/mol. The highest BCUT2D eigenvalue weighted by Crippen LogP contribution is 2.17. The fourth-order valence-electron chi connectivity index (χ4n) is 1.42. The van der Waals surface area contributed by atoms with Crippen LogP contribution in [-0.2, 0) is 4.79 Å². The van der Waals surface area contributed by atoms with Crippen molar-refractivity contribution >= 4 is 34.2 Å². The number of hydrogen-bond donors (Lipinski definition) is 3. The van der Waals surface area contributed by atoms with Crippen molar-refractivity contribution in [2.75, 3.05) is 11.1 Å². The van der Waals surface area contributed by atoms with Gasteiger partial charge in [0.1, 0.15) is 17.6 Å². The highest BCUT2D eigenvalue weighted by atomic mass is 32.1. The molecular formula is C13H14N4O3S. The molecule has 1 heterocycles. The molecule has 1 atom stereocenters. The molecule has 1 amide bonds. The number of rotatable bonds is 4. The number of carbonyl (C=O) groups is 2. The second-order valence-electron chi connectivity index (χ2n) is 4.26. The number of nitrogens with one attached hydrogen (secondary N) is 1. The fraction of sp³-hybridized carbons (Fsp3) is 0.154. The zero-order valence-corrected chi connectivity index (χ0v) is 12.0. The maximum absolute atomic E-state index is 12.0. The van der Waals surface area contributed by atoms with Gasteiger partial charge >= 0.3 is 5.97 Å². The highest BCUT2D eigenvalue weighted by Gasteiger charge is 2.12. The monoisotopic (exact) mass is 306 g/mol. The average Bonchev–Trinajstić information content (AvgIpc) is 2.84. The van der Waals surface area contributed by atoms with Gasteiger partial charge in [-0.3, -0.25) is 4.79 Å². The number of hydrogen-bond acceptors (Lipinski definition) is 7. The summed E-state index contributed by atoms with van der Waals surface area (Å²) < 4.78 is 5.01. The Labute approximate surface area is 124 Å². The minimum absolute atomic E-state index is 0.326. The van der Waals surface area contributed by atoms with E-state index in [2.05, 4.69) is 10.3 Å². The number of nitrogens with two attached hydrogens (primary N) is 2. The summed E-state index contributed by atoms with van der Waals surface area (Å²) in [7, 11) is 0. The highest BCUT2D eigenvalue weighted by molar-refractivity contribution is 7.13. The topological polar surface area (TPSA) is 120 Å². The number of aromatic nitrogens is 1. The lowest BCUT2D eigenvalue weighted by molar-refractivity contribution is -0.135. The quantitative estimate of drug-likeness (QED) is 0.577. The zero-order valence-electron chi connectivity index (χ0n) is 11.2. The largest absolute Gasteiger partial charge is 0.425 e. The molecule has 8 heteroatoms. The molecule has 2 rings (SSSR count). The lowest BCUT2D eigenvalue weighted by atomic mass is 10.2. The first-order chi connectivity index (χ1) is 9.95. The van der Waals surface area contributed by atoms with Gasteiger partial charge in [-0.15, -0.1) is 11.3 Å². The maximum Gasteiger partial charge on any atom is 0.328 e. The van der Waals surface area contributed by atoms with Crippen LogP contribution in [0.1, 0.15) is 17.3 Å². The Bertz CT molecular complexity index is 652. The predicted octanol–water partition coefficient (Wildman–Crippen LogP) is 1.23. The van der Waals surface area contributed by atoms with E-state index in [1.807, 2.05) is 0 Å². The molecule has 1 aromatic carbocycles. The summed E-state index contributed by atoms with van der Waals surface area (Å²) in [5.74, 6) is -0.141. The van der Waals surface area contributed by atoms with E-state index in [0.29, 0.717) is 22.3 Å². The van der Waals surface area contributed by atoms with Crippen LogP contribution in [0.3, 0.4) is 0 Å². The van der Waals surface area contributed by atoms with Crippen molar-refractivity contribution < 1.29 is 14.3 Å². The molecule has 0 aliphatic rings. The van der Waals surface area contributed by atoms with E-state index in [4.69, 9.17) is 16.2 Å². The summed E-state index contributed by atoms with van der Waals surface area (Å²) in [6.07, 6.45) is 0. The summed E-state index contributed by atoms with van der Waals surface area (Å²) >= 11 is 1.24. The van der Waals surface area contributed by atoms with Crippen LogP contribution in [0.5, 0.6) is 5.75 Å². The lowest BCUT2D eigenvalue weighted by Gasteiger charge is -2.07.